The van der Waals surface area contributed by atoms with Crippen LogP contribution in [0.2, 0.25) is 0 Å². The minimum atomic E-state index is 0.480. The molecule has 0 aromatic carbocycles. The molecule has 2 unspecified atom stereocenters. The number of rotatable bonds is 1. The van der Waals surface area contributed by atoms with Crippen molar-refractivity contribution in [2.75, 3.05) is 13.1 Å². The van der Waals surface area contributed by atoms with E-state index in [0.29, 0.717) is 12.1 Å². The van der Waals surface area contributed by atoms with Crippen LogP contribution in [0.4, 0.5) is 0 Å². The third kappa shape index (κ3) is 1.48. The van der Waals surface area contributed by atoms with Crippen LogP contribution >= 0.6 is 0 Å². The minimum Gasteiger partial charge on any atom is -0.358 e. The van der Waals surface area contributed by atoms with E-state index in [9.17, 15) is 0 Å². The van der Waals surface area contributed by atoms with Crippen molar-refractivity contribution in [2.24, 2.45) is 0 Å². The molecule has 1 rings (SSSR count). The molecule has 0 bridgehead atoms. The van der Waals surface area contributed by atoms with Gasteiger partial charge >= 0.3 is 0 Å². The molecule has 1 heterocycles. The van der Waals surface area contributed by atoms with Gasteiger partial charge in [-0.2, -0.15) is 0 Å². The van der Waals surface area contributed by atoms with Crippen LogP contribution in [0.1, 0.15) is 13.8 Å². The first kappa shape index (κ1) is 7.54. The van der Waals surface area contributed by atoms with E-state index in [0.717, 1.165) is 13.1 Å². The zero-order chi connectivity index (χ0) is 7.56. The summed E-state index contributed by atoms with van der Waals surface area (Å²) < 4.78 is 0. The summed E-state index contributed by atoms with van der Waals surface area (Å²) in [6.07, 6.45) is 1.43. The van der Waals surface area contributed by atoms with Crippen LogP contribution in [0.15, 0.2) is 0 Å². The zero-order valence-corrected chi connectivity index (χ0v) is 6.59. The molecule has 0 aliphatic carbocycles. The first-order valence-corrected chi connectivity index (χ1v) is 3.73. The van der Waals surface area contributed by atoms with Crippen molar-refractivity contribution in [1.29, 1.82) is 5.41 Å². The first-order chi connectivity index (χ1) is 4.74. The van der Waals surface area contributed by atoms with Gasteiger partial charge in [0.1, 0.15) is 0 Å². The van der Waals surface area contributed by atoms with Gasteiger partial charge < -0.3 is 10.2 Å². The highest BCUT2D eigenvalue weighted by atomic mass is 15.2. The van der Waals surface area contributed by atoms with Gasteiger partial charge in [-0.25, -0.2) is 0 Å². The van der Waals surface area contributed by atoms with Gasteiger partial charge in [0.2, 0.25) is 0 Å². The molecule has 1 fully saturated rings. The summed E-state index contributed by atoms with van der Waals surface area (Å²) in [6, 6.07) is 1.01. The molecule has 0 radical (unpaired) electrons. The highest BCUT2D eigenvalue weighted by Gasteiger charge is 2.18. The third-order valence-electron chi connectivity index (χ3n) is 1.98. The molecule has 1 aliphatic rings. The highest BCUT2D eigenvalue weighted by Crippen LogP contribution is 2.02. The van der Waals surface area contributed by atoms with Crippen LogP contribution < -0.4 is 5.32 Å². The van der Waals surface area contributed by atoms with Crippen LogP contribution in [0.25, 0.3) is 0 Å². The lowest BCUT2D eigenvalue weighted by Gasteiger charge is -2.35. The molecule has 58 valence electrons. The van der Waals surface area contributed by atoms with Gasteiger partial charge in [0.05, 0.1) is 6.34 Å². The Morgan fingerprint density at radius 3 is 2.80 bits per heavy atom. The maximum Gasteiger partial charge on any atom is 0.0820 e. The Labute approximate surface area is 61.9 Å². The topological polar surface area (TPSA) is 39.1 Å². The van der Waals surface area contributed by atoms with Crippen molar-refractivity contribution in [3.05, 3.63) is 0 Å². The number of nitrogens with zero attached hydrogens (tertiary/aromatic N) is 1. The van der Waals surface area contributed by atoms with E-state index in [1.165, 1.54) is 6.34 Å². The Morgan fingerprint density at radius 2 is 2.30 bits per heavy atom. The lowest BCUT2D eigenvalue weighted by Crippen LogP contribution is -2.53. The molecule has 10 heavy (non-hydrogen) atoms. The number of piperazine rings is 1. The molecular formula is C7H15N3. The SMILES string of the molecule is CC1CN(C=N)C(C)CN1. The predicted molar refractivity (Wildman–Crippen MR) is 42.4 cm³/mol. The summed E-state index contributed by atoms with van der Waals surface area (Å²) in [4.78, 5) is 2.06. The summed E-state index contributed by atoms with van der Waals surface area (Å²) in [5.41, 5.74) is 0. The predicted octanol–water partition coefficient (Wildman–Crippen LogP) is 0.276. The first-order valence-electron chi connectivity index (χ1n) is 3.73. The molecule has 0 spiro atoms. The van der Waals surface area contributed by atoms with Crippen molar-refractivity contribution in [3.63, 3.8) is 0 Å². The number of hydrogen-bond acceptors (Lipinski definition) is 2. The smallest absolute Gasteiger partial charge is 0.0820 e. The second-order valence-electron chi connectivity index (χ2n) is 2.98. The van der Waals surface area contributed by atoms with Crippen molar-refractivity contribution < 1.29 is 0 Å². The van der Waals surface area contributed by atoms with E-state index >= 15 is 0 Å². The Bertz CT molecular complexity index is 124. The van der Waals surface area contributed by atoms with Crippen LogP contribution in [0, 0.1) is 5.41 Å². The fourth-order valence-corrected chi connectivity index (χ4v) is 1.23. The van der Waals surface area contributed by atoms with Crippen molar-refractivity contribution >= 4 is 6.34 Å². The minimum absolute atomic E-state index is 0.480. The second kappa shape index (κ2) is 3.01. The molecule has 1 saturated heterocycles. The molecule has 3 heteroatoms. The second-order valence-corrected chi connectivity index (χ2v) is 2.98. The number of nitrogens with one attached hydrogen (secondary N) is 2. The van der Waals surface area contributed by atoms with Gasteiger partial charge in [-0.05, 0) is 13.8 Å². The molecule has 1 aliphatic heterocycles. The lowest BCUT2D eigenvalue weighted by molar-refractivity contribution is 0.240. The van der Waals surface area contributed by atoms with E-state index in [1.807, 2.05) is 0 Å². The summed E-state index contributed by atoms with van der Waals surface area (Å²) in [5, 5.41) is 10.4. The van der Waals surface area contributed by atoms with Crippen molar-refractivity contribution in [2.45, 2.75) is 25.9 Å². The fraction of sp³-hybridized carbons (Fsp3) is 0.857. The monoisotopic (exact) mass is 141 g/mol. The highest BCUT2D eigenvalue weighted by molar-refractivity contribution is 5.51. The normalized spacial score (nSPS) is 34.0. The Kier molecular flexibility index (Phi) is 2.27. The Morgan fingerprint density at radius 1 is 1.60 bits per heavy atom. The molecule has 2 N–H and O–H groups in total. The zero-order valence-electron chi connectivity index (χ0n) is 6.59. The maximum absolute atomic E-state index is 7.09. The van der Waals surface area contributed by atoms with Gasteiger partial charge in [-0.15, -0.1) is 0 Å². The molecule has 0 amide bonds. The largest absolute Gasteiger partial charge is 0.358 e. The maximum atomic E-state index is 7.09. The quantitative estimate of drug-likeness (QED) is 0.406. The van der Waals surface area contributed by atoms with Crippen molar-refractivity contribution in [1.82, 2.24) is 10.2 Å². The van der Waals surface area contributed by atoms with Crippen molar-refractivity contribution in [3.8, 4) is 0 Å². The van der Waals surface area contributed by atoms with E-state index < -0.39 is 0 Å². The van der Waals surface area contributed by atoms with Gasteiger partial charge in [-0.3, -0.25) is 5.41 Å². The number of hydrogen-bond donors (Lipinski definition) is 2. The van der Waals surface area contributed by atoms with E-state index in [2.05, 4.69) is 24.1 Å². The Hall–Kier alpha value is -0.570. The molecule has 0 aromatic rings. The molecule has 0 aromatic heterocycles. The summed E-state index contributed by atoms with van der Waals surface area (Å²) in [6.45, 7) is 6.23. The molecule has 2 atom stereocenters. The fourth-order valence-electron chi connectivity index (χ4n) is 1.23. The van der Waals surface area contributed by atoms with E-state index in [4.69, 9.17) is 5.41 Å². The van der Waals surface area contributed by atoms with Gasteiger partial charge in [0.15, 0.2) is 0 Å². The lowest BCUT2D eigenvalue weighted by atomic mass is 10.2. The average molecular weight is 141 g/mol. The standard InChI is InChI=1S/C7H15N3/c1-6-4-10(5-8)7(2)3-9-6/h5-9H,3-4H2,1-2H3. The molecule has 3 nitrogen and oxygen atoms in total. The average Bonchev–Trinajstić information content (AvgIpc) is 1.94. The summed E-state index contributed by atoms with van der Waals surface area (Å²) in [7, 11) is 0. The van der Waals surface area contributed by atoms with Crippen LogP contribution in [0.3, 0.4) is 0 Å². The molecule has 0 saturated carbocycles. The molecular weight excluding hydrogens is 126 g/mol. The Balaban J connectivity index is 2.45. The summed E-state index contributed by atoms with van der Waals surface area (Å²) in [5.74, 6) is 0. The van der Waals surface area contributed by atoms with Gasteiger partial charge in [-0.1, -0.05) is 0 Å². The van der Waals surface area contributed by atoms with Crippen LogP contribution in [-0.4, -0.2) is 36.4 Å². The van der Waals surface area contributed by atoms with Gasteiger partial charge in [0, 0.05) is 25.2 Å². The van der Waals surface area contributed by atoms with Gasteiger partial charge in [0.25, 0.3) is 0 Å². The van der Waals surface area contributed by atoms with E-state index in [-0.39, 0.29) is 0 Å². The van der Waals surface area contributed by atoms with E-state index in [1.54, 1.807) is 0 Å². The third-order valence-corrected chi connectivity index (χ3v) is 1.98. The van der Waals surface area contributed by atoms with Crippen LogP contribution in [0.5, 0.6) is 0 Å². The summed E-state index contributed by atoms with van der Waals surface area (Å²) >= 11 is 0. The van der Waals surface area contributed by atoms with Crippen LogP contribution in [-0.2, 0) is 0 Å².